The summed E-state index contributed by atoms with van der Waals surface area (Å²) in [6, 6.07) is 3.35. The second-order valence-corrected chi connectivity index (χ2v) is 5.91. The predicted molar refractivity (Wildman–Crippen MR) is 79.3 cm³/mol. The maximum atomic E-state index is 11.9. The number of nitrogens with two attached hydrogens (primary N) is 1. The molecule has 0 aliphatic heterocycles. The van der Waals surface area contributed by atoms with Gasteiger partial charge in [0.15, 0.2) is 6.61 Å². The van der Waals surface area contributed by atoms with Gasteiger partial charge in [-0.3, -0.25) is 4.79 Å². The Bertz CT molecular complexity index is 541. The van der Waals surface area contributed by atoms with Crippen LogP contribution in [0.4, 0.5) is 5.69 Å². The van der Waals surface area contributed by atoms with Crippen LogP contribution in [0.15, 0.2) is 16.6 Å². The maximum Gasteiger partial charge on any atom is 0.339 e. The lowest BCUT2D eigenvalue weighted by Gasteiger charge is -2.10. The zero-order valence-electron chi connectivity index (χ0n) is 11.2. The molecule has 0 aromatic heterocycles. The van der Waals surface area contributed by atoms with Gasteiger partial charge in [-0.15, -0.1) is 0 Å². The van der Waals surface area contributed by atoms with Crippen molar-refractivity contribution in [1.29, 1.82) is 0 Å². The van der Waals surface area contributed by atoms with Gasteiger partial charge in [-0.2, -0.15) is 0 Å². The van der Waals surface area contributed by atoms with E-state index < -0.39 is 5.97 Å². The van der Waals surface area contributed by atoms with E-state index in [0.29, 0.717) is 33.7 Å². The van der Waals surface area contributed by atoms with Crippen LogP contribution in [-0.4, -0.2) is 25.0 Å². The molecule has 5 nitrogen and oxygen atoms in total. The summed E-state index contributed by atoms with van der Waals surface area (Å²) in [6.07, 6.45) is 2.33. The Hall–Kier alpha value is -1.56. The molecular weight excluding hydrogens is 324 g/mol. The average molecular weight is 341 g/mol. The normalized spacial score (nSPS) is 13.9. The Labute approximate surface area is 126 Å². The van der Waals surface area contributed by atoms with E-state index in [-0.39, 0.29) is 12.5 Å². The van der Waals surface area contributed by atoms with E-state index in [2.05, 4.69) is 21.2 Å². The van der Waals surface area contributed by atoms with Crippen molar-refractivity contribution >= 4 is 33.5 Å². The zero-order valence-corrected chi connectivity index (χ0v) is 12.8. The quantitative estimate of drug-likeness (QED) is 0.634. The lowest BCUT2D eigenvalue weighted by Crippen LogP contribution is -2.30. The van der Waals surface area contributed by atoms with Crippen molar-refractivity contribution in [3.63, 3.8) is 0 Å². The lowest BCUT2D eigenvalue weighted by molar-refractivity contribution is -0.124. The molecule has 2 rings (SSSR count). The van der Waals surface area contributed by atoms with Crippen molar-refractivity contribution in [3.8, 4) is 0 Å². The molecule has 6 heteroatoms. The molecule has 1 amide bonds. The standard InChI is InChI=1S/C14H17BrN2O3/c1-8-11(4-10(15)5-12(8)16)14(19)20-7-13(18)17-6-9-2-3-9/h4-5,9H,2-3,6-7,16H2,1H3,(H,17,18). The average Bonchev–Trinajstić information content (AvgIpc) is 3.21. The van der Waals surface area contributed by atoms with E-state index in [0.717, 1.165) is 12.8 Å². The first-order valence-corrected chi connectivity index (χ1v) is 7.26. The van der Waals surface area contributed by atoms with E-state index in [1.165, 1.54) is 0 Å². The number of nitrogen functional groups attached to an aromatic ring is 1. The third-order valence-corrected chi connectivity index (χ3v) is 3.71. The first kappa shape index (κ1) is 14.8. The minimum atomic E-state index is -0.544. The van der Waals surface area contributed by atoms with Crippen LogP contribution in [0.1, 0.15) is 28.8 Å². The summed E-state index contributed by atoms with van der Waals surface area (Å²) >= 11 is 3.28. The molecule has 0 unspecified atom stereocenters. The molecule has 0 bridgehead atoms. The smallest absolute Gasteiger partial charge is 0.339 e. The lowest BCUT2D eigenvalue weighted by atomic mass is 10.1. The summed E-state index contributed by atoms with van der Waals surface area (Å²) in [5.74, 6) is -0.218. The molecule has 0 atom stereocenters. The third kappa shape index (κ3) is 3.96. The van der Waals surface area contributed by atoms with Crippen LogP contribution in [0.25, 0.3) is 0 Å². The second-order valence-electron chi connectivity index (χ2n) is 4.99. The molecule has 0 heterocycles. The number of ether oxygens (including phenoxy) is 1. The number of nitrogens with one attached hydrogen (secondary N) is 1. The predicted octanol–water partition coefficient (Wildman–Crippen LogP) is 2.02. The fraction of sp³-hybridized carbons (Fsp3) is 0.429. The molecule has 1 saturated carbocycles. The minimum absolute atomic E-state index is 0.266. The van der Waals surface area contributed by atoms with E-state index in [1.54, 1.807) is 19.1 Å². The summed E-state index contributed by atoms with van der Waals surface area (Å²) in [5, 5.41) is 2.74. The maximum absolute atomic E-state index is 11.9. The molecule has 1 aromatic carbocycles. The van der Waals surface area contributed by atoms with Crippen LogP contribution in [0.5, 0.6) is 0 Å². The minimum Gasteiger partial charge on any atom is -0.452 e. The van der Waals surface area contributed by atoms with Gasteiger partial charge in [0.1, 0.15) is 0 Å². The Morgan fingerprint density at radius 2 is 2.15 bits per heavy atom. The molecular formula is C14H17BrN2O3. The Morgan fingerprint density at radius 1 is 1.45 bits per heavy atom. The summed E-state index contributed by atoms with van der Waals surface area (Å²) in [4.78, 5) is 23.5. The van der Waals surface area contributed by atoms with Gasteiger partial charge >= 0.3 is 5.97 Å². The number of hydrogen-bond acceptors (Lipinski definition) is 4. The highest BCUT2D eigenvalue weighted by atomic mass is 79.9. The topological polar surface area (TPSA) is 81.4 Å². The largest absolute Gasteiger partial charge is 0.452 e. The van der Waals surface area contributed by atoms with E-state index in [1.807, 2.05) is 0 Å². The van der Waals surface area contributed by atoms with Gasteiger partial charge in [0.05, 0.1) is 5.56 Å². The third-order valence-electron chi connectivity index (χ3n) is 3.25. The highest BCUT2D eigenvalue weighted by Crippen LogP contribution is 2.27. The number of halogens is 1. The van der Waals surface area contributed by atoms with Crippen LogP contribution in [0.3, 0.4) is 0 Å². The second kappa shape index (κ2) is 6.26. The van der Waals surface area contributed by atoms with Crippen molar-refractivity contribution < 1.29 is 14.3 Å². The van der Waals surface area contributed by atoms with Crippen LogP contribution < -0.4 is 11.1 Å². The Balaban J connectivity index is 1.89. The van der Waals surface area contributed by atoms with Gasteiger partial charge in [-0.1, -0.05) is 15.9 Å². The van der Waals surface area contributed by atoms with Crippen LogP contribution in [-0.2, 0) is 9.53 Å². The van der Waals surface area contributed by atoms with Gasteiger partial charge < -0.3 is 15.8 Å². The number of benzene rings is 1. The van der Waals surface area contributed by atoms with Gasteiger partial charge in [-0.25, -0.2) is 4.79 Å². The van der Waals surface area contributed by atoms with Crippen molar-refractivity contribution in [2.45, 2.75) is 19.8 Å². The number of anilines is 1. The molecule has 0 spiro atoms. The zero-order chi connectivity index (χ0) is 14.7. The molecule has 0 saturated heterocycles. The highest BCUT2D eigenvalue weighted by molar-refractivity contribution is 9.10. The van der Waals surface area contributed by atoms with Crippen molar-refractivity contribution in [2.75, 3.05) is 18.9 Å². The highest BCUT2D eigenvalue weighted by Gasteiger charge is 2.22. The molecule has 108 valence electrons. The summed E-state index contributed by atoms with van der Waals surface area (Å²) in [7, 11) is 0. The van der Waals surface area contributed by atoms with Gasteiger partial charge in [0.2, 0.25) is 0 Å². The Kier molecular flexibility index (Phi) is 4.65. The molecule has 1 aromatic rings. The summed E-state index contributed by atoms with van der Waals surface area (Å²) in [5.41, 5.74) is 7.31. The molecule has 0 radical (unpaired) electrons. The molecule has 1 aliphatic carbocycles. The number of hydrogen-bond donors (Lipinski definition) is 2. The molecule has 1 fully saturated rings. The van der Waals surface area contributed by atoms with Crippen molar-refractivity contribution in [2.24, 2.45) is 5.92 Å². The molecule has 20 heavy (non-hydrogen) atoms. The van der Waals surface area contributed by atoms with Crippen molar-refractivity contribution in [3.05, 3.63) is 27.7 Å². The van der Waals surface area contributed by atoms with Crippen LogP contribution >= 0.6 is 15.9 Å². The number of carbonyl (C=O) groups excluding carboxylic acids is 2. The van der Waals surface area contributed by atoms with E-state index in [4.69, 9.17) is 10.5 Å². The Morgan fingerprint density at radius 3 is 2.80 bits per heavy atom. The van der Waals surface area contributed by atoms with E-state index >= 15 is 0 Å². The monoisotopic (exact) mass is 340 g/mol. The van der Waals surface area contributed by atoms with Gasteiger partial charge in [0, 0.05) is 16.7 Å². The number of esters is 1. The number of carbonyl (C=O) groups is 2. The fourth-order valence-corrected chi connectivity index (χ4v) is 2.23. The van der Waals surface area contributed by atoms with E-state index in [9.17, 15) is 9.59 Å². The summed E-state index contributed by atoms with van der Waals surface area (Å²) in [6.45, 7) is 2.14. The molecule has 1 aliphatic rings. The molecule has 3 N–H and O–H groups in total. The first-order chi connectivity index (χ1) is 9.47. The van der Waals surface area contributed by atoms with Crippen LogP contribution in [0, 0.1) is 12.8 Å². The van der Waals surface area contributed by atoms with Gasteiger partial charge in [-0.05, 0) is 43.4 Å². The van der Waals surface area contributed by atoms with Gasteiger partial charge in [0.25, 0.3) is 5.91 Å². The fourth-order valence-electron chi connectivity index (χ4n) is 1.75. The first-order valence-electron chi connectivity index (χ1n) is 6.47. The van der Waals surface area contributed by atoms with Crippen molar-refractivity contribution in [1.82, 2.24) is 5.32 Å². The number of rotatable bonds is 5. The summed E-state index contributed by atoms with van der Waals surface area (Å²) < 4.78 is 5.71. The van der Waals surface area contributed by atoms with Crippen LogP contribution in [0.2, 0.25) is 0 Å². The number of amides is 1. The SMILES string of the molecule is Cc1c(N)cc(Br)cc1C(=O)OCC(=O)NCC1CC1.